The van der Waals surface area contributed by atoms with E-state index in [1.165, 1.54) is 18.5 Å². The number of aromatic nitrogens is 2. The van der Waals surface area contributed by atoms with Crippen LogP contribution in [0.1, 0.15) is 38.5 Å². The molecule has 0 radical (unpaired) electrons. The molecule has 12 heteroatoms. The number of piperidine rings is 1. The first-order valence-electron chi connectivity index (χ1n) is 12.3. The molecule has 1 N–H and O–H groups in total. The zero-order valence-electron chi connectivity index (χ0n) is 20.2. The Balaban J connectivity index is 1.27. The maximum absolute atomic E-state index is 14.6. The Bertz CT molecular complexity index is 1230. The Morgan fingerprint density at radius 2 is 1.89 bits per heavy atom. The molecule has 194 valence electrons. The largest absolute Gasteiger partial charge is 0.485 e. The van der Waals surface area contributed by atoms with Crippen molar-refractivity contribution in [1.29, 1.82) is 0 Å². The minimum absolute atomic E-state index is 0.0522. The Morgan fingerprint density at radius 3 is 2.58 bits per heavy atom. The Kier molecular flexibility index (Phi) is 6.87. The predicted molar refractivity (Wildman–Crippen MR) is 131 cm³/mol. The van der Waals surface area contributed by atoms with Crippen molar-refractivity contribution in [2.75, 3.05) is 42.7 Å². The fourth-order valence-electron chi connectivity index (χ4n) is 5.04. The van der Waals surface area contributed by atoms with Crippen molar-refractivity contribution in [1.82, 2.24) is 14.9 Å². The molecule has 1 saturated carbocycles. The van der Waals surface area contributed by atoms with Gasteiger partial charge in [-0.1, -0.05) is 0 Å². The molecule has 2 fully saturated rings. The van der Waals surface area contributed by atoms with Gasteiger partial charge in [0, 0.05) is 25.4 Å². The summed E-state index contributed by atoms with van der Waals surface area (Å²) in [7, 11) is -3.52. The number of ether oxygens (including phenoxy) is 2. The third kappa shape index (κ3) is 5.18. The van der Waals surface area contributed by atoms with Gasteiger partial charge in [0.2, 0.25) is 5.75 Å². The number of amides is 1. The summed E-state index contributed by atoms with van der Waals surface area (Å²) >= 11 is 0. The van der Waals surface area contributed by atoms with E-state index in [0.717, 1.165) is 50.8 Å². The number of rotatable bonds is 5. The number of fused-ring (bicyclic) bond motifs is 1. The van der Waals surface area contributed by atoms with Crippen LogP contribution in [0.15, 0.2) is 29.4 Å². The van der Waals surface area contributed by atoms with Crippen LogP contribution in [0.25, 0.3) is 0 Å². The zero-order valence-corrected chi connectivity index (χ0v) is 21.0. The van der Waals surface area contributed by atoms with Crippen LogP contribution in [0.3, 0.4) is 0 Å². The molecule has 2 aliphatic heterocycles. The molecule has 0 spiro atoms. The van der Waals surface area contributed by atoms with Crippen molar-refractivity contribution >= 4 is 33.3 Å². The van der Waals surface area contributed by atoms with Crippen molar-refractivity contribution in [2.45, 2.75) is 55.6 Å². The van der Waals surface area contributed by atoms with Gasteiger partial charge in [0.15, 0.2) is 21.5 Å². The van der Waals surface area contributed by atoms with Gasteiger partial charge in [-0.25, -0.2) is 27.6 Å². The second-order valence-corrected chi connectivity index (χ2v) is 11.5. The van der Waals surface area contributed by atoms with E-state index in [9.17, 15) is 17.6 Å². The summed E-state index contributed by atoms with van der Waals surface area (Å²) in [4.78, 5) is 25.1. The molecule has 1 aromatic carbocycles. The number of hydrogen-bond acceptors (Lipinski definition) is 9. The lowest BCUT2D eigenvalue weighted by atomic mass is 10.0. The maximum atomic E-state index is 14.6. The van der Waals surface area contributed by atoms with E-state index in [0.29, 0.717) is 43.6 Å². The lowest BCUT2D eigenvalue weighted by Crippen LogP contribution is -2.49. The molecule has 10 nitrogen and oxygen atoms in total. The highest BCUT2D eigenvalue weighted by Gasteiger charge is 2.33. The van der Waals surface area contributed by atoms with E-state index in [1.54, 1.807) is 4.90 Å². The standard InChI is InChI=1S/C24H30FN5O5S/c1-36(32,33)18-6-7-20(19(25)14-18)28-22-21-23(27-15-26-22)30(12-13-34-21)16-8-10-29(11-9-16)24(31)35-17-4-2-3-5-17/h6-7,14-17H,2-5,8-13H2,1H3,(H,26,27,28). The molecule has 3 heterocycles. The fraction of sp³-hybridized carbons (Fsp3) is 0.542. The van der Waals surface area contributed by atoms with Crippen LogP contribution in [-0.2, 0) is 14.6 Å². The molecule has 0 atom stereocenters. The van der Waals surface area contributed by atoms with E-state index < -0.39 is 15.7 Å². The molecule has 2 aromatic rings. The monoisotopic (exact) mass is 519 g/mol. The highest BCUT2D eigenvalue weighted by molar-refractivity contribution is 7.90. The summed E-state index contributed by atoms with van der Waals surface area (Å²) in [6.07, 6.45) is 7.93. The number of nitrogens with one attached hydrogen (secondary N) is 1. The molecular weight excluding hydrogens is 489 g/mol. The van der Waals surface area contributed by atoms with Crippen molar-refractivity contribution in [3.8, 4) is 5.75 Å². The zero-order chi connectivity index (χ0) is 25.3. The van der Waals surface area contributed by atoms with Gasteiger partial charge in [-0.2, -0.15) is 0 Å². The van der Waals surface area contributed by atoms with Gasteiger partial charge in [-0.15, -0.1) is 0 Å². The van der Waals surface area contributed by atoms with E-state index in [-0.39, 0.29) is 28.8 Å². The second kappa shape index (κ2) is 10.1. The number of sulfone groups is 1. The second-order valence-electron chi connectivity index (χ2n) is 9.46. The van der Waals surface area contributed by atoms with Gasteiger partial charge in [-0.3, -0.25) is 0 Å². The Hall–Kier alpha value is -3.15. The van der Waals surface area contributed by atoms with E-state index in [4.69, 9.17) is 9.47 Å². The molecular formula is C24H30FN5O5S. The minimum atomic E-state index is -3.52. The first-order chi connectivity index (χ1) is 17.3. The fourth-order valence-corrected chi connectivity index (χ4v) is 5.67. The first kappa shape index (κ1) is 24.5. The summed E-state index contributed by atoms with van der Waals surface area (Å²) in [6.45, 7) is 2.26. The SMILES string of the molecule is CS(=O)(=O)c1ccc(Nc2ncnc3c2OCCN3C2CCN(C(=O)OC3CCCC3)CC2)c(F)c1. The lowest BCUT2D eigenvalue weighted by molar-refractivity contribution is 0.0582. The summed E-state index contributed by atoms with van der Waals surface area (Å²) in [5, 5.41) is 2.92. The molecule has 36 heavy (non-hydrogen) atoms. The van der Waals surface area contributed by atoms with Crippen LogP contribution in [0.2, 0.25) is 0 Å². The molecule has 1 aliphatic carbocycles. The third-order valence-electron chi connectivity index (χ3n) is 6.99. The summed E-state index contributed by atoms with van der Waals surface area (Å²) in [5.74, 6) is 0.611. The number of anilines is 3. The Labute approximate surface area is 209 Å². The molecule has 1 amide bonds. The molecule has 3 aliphatic rings. The molecule has 5 rings (SSSR count). The number of nitrogens with zero attached hydrogens (tertiary/aromatic N) is 4. The number of benzene rings is 1. The molecule has 1 saturated heterocycles. The van der Waals surface area contributed by atoms with Crippen molar-refractivity contribution < 1.29 is 27.1 Å². The first-order valence-corrected chi connectivity index (χ1v) is 14.2. The summed E-state index contributed by atoms with van der Waals surface area (Å²) in [5.41, 5.74) is 0.0816. The maximum Gasteiger partial charge on any atom is 0.410 e. The molecule has 1 aromatic heterocycles. The van der Waals surface area contributed by atoms with Gasteiger partial charge < -0.3 is 24.6 Å². The smallest absolute Gasteiger partial charge is 0.410 e. The van der Waals surface area contributed by atoms with Crippen LogP contribution in [0, 0.1) is 5.82 Å². The van der Waals surface area contributed by atoms with E-state index >= 15 is 0 Å². The van der Waals surface area contributed by atoms with Gasteiger partial charge in [-0.05, 0) is 56.7 Å². The number of hydrogen-bond donors (Lipinski definition) is 1. The van der Waals surface area contributed by atoms with Crippen molar-refractivity contribution in [2.24, 2.45) is 0 Å². The predicted octanol–water partition coefficient (Wildman–Crippen LogP) is 3.51. The summed E-state index contributed by atoms with van der Waals surface area (Å²) < 4.78 is 49.6. The van der Waals surface area contributed by atoms with E-state index in [1.807, 2.05) is 0 Å². The quantitative estimate of drug-likeness (QED) is 0.634. The average Bonchev–Trinajstić information content (AvgIpc) is 3.37. The number of carbonyl (C=O) groups is 1. The topological polar surface area (TPSA) is 114 Å². The Morgan fingerprint density at radius 1 is 1.14 bits per heavy atom. The lowest BCUT2D eigenvalue weighted by Gasteiger charge is -2.41. The van der Waals surface area contributed by atoms with Crippen LogP contribution in [0.5, 0.6) is 5.75 Å². The van der Waals surface area contributed by atoms with Crippen LogP contribution in [-0.4, -0.2) is 74.0 Å². The molecule has 0 unspecified atom stereocenters. The molecule has 0 bridgehead atoms. The number of halogens is 1. The van der Waals surface area contributed by atoms with Crippen molar-refractivity contribution in [3.63, 3.8) is 0 Å². The van der Waals surface area contributed by atoms with Crippen LogP contribution in [0.4, 0.5) is 26.5 Å². The van der Waals surface area contributed by atoms with Gasteiger partial charge in [0.1, 0.15) is 24.9 Å². The van der Waals surface area contributed by atoms with Gasteiger partial charge in [0.05, 0.1) is 17.1 Å². The summed E-state index contributed by atoms with van der Waals surface area (Å²) in [6, 6.07) is 3.84. The van der Waals surface area contributed by atoms with Crippen LogP contribution >= 0.6 is 0 Å². The van der Waals surface area contributed by atoms with E-state index in [2.05, 4.69) is 20.2 Å². The van der Waals surface area contributed by atoms with Crippen molar-refractivity contribution in [3.05, 3.63) is 30.3 Å². The minimum Gasteiger partial charge on any atom is -0.485 e. The third-order valence-corrected chi connectivity index (χ3v) is 8.10. The highest BCUT2D eigenvalue weighted by atomic mass is 32.2. The number of likely N-dealkylation sites (tertiary alicyclic amines) is 1. The average molecular weight is 520 g/mol. The van der Waals surface area contributed by atoms with Gasteiger partial charge >= 0.3 is 6.09 Å². The van der Waals surface area contributed by atoms with Crippen LogP contribution < -0.4 is 15.0 Å². The van der Waals surface area contributed by atoms with Gasteiger partial charge in [0.25, 0.3) is 0 Å². The normalized spacial score (nSPS) is 19.1. The highest BCUT2D eigenvalue weighted by Crippen LogP contribution is 2.39. The number of carbonyl (C=O) groups excluding carboxylic acids is 1.